The topological polar surface area (TPSA) is 96.1 Å². The lowest BCUT2D eigenvalue weighted by atomic mass is 10.1. The predicted molar refractivity (Wildman–Crippen MR) is 173 cm³/mol. The summed E-state index contributed by atoms with van der Waals surface area (Å²) in [5.74, 6) is 0. The van der Waals surface area contributed by atoms with Crippen LogP contribution in [0, 0.1) is 15.3 Å². The second-order valence-corrected chi connectivity index (χ2v) is 16.3. The third kappa shape index (κ3) is 15.0. The van der Waals surface area contributed by atoms with Gasteiger partial charge in [0.2, 0.25) is 0 Å². The molecule has 0 unspecified atom stereocenters. The molecule has 0 aliphatic heterocycles. The number of unbranched alkanes of at least 4 members (excludes halogenated alkanes) is 12. The molecule has 11 heteroatoms. The van der Waals surface area contributed by atoms with Crippen molar-refractivity contribution in [2.24, 2.45) is 0 Å². The molecule has 0 atom stereocenters. The van der Waals surface area contributed by atoms with Crippen LogP contribution in [0.25, 0.3) is 11.0 Å². The molecule has 0 spiro atoms. The first kappa shape index (κ1) is 40.3. The first-order valence-corrected chi connectivity index (χ1v) is 18.9. The van der Waals surface area contributed by atoms with Crippen molar-refractivity contribution in [3.8, 4) is 0 Å². The largest absolute Gasteiger partial charge is 1.00 e. The quantitative estimate of drug-likeness (QED) is 0.0432. The zero-order valence-electron chi connectivity index (χ0n) is 25.8. The van der Waals surface area contributed by atoms with Crippen molar-refractivity contribution < 1.29 is 31.4 Å². The molecule has 7 nitrogen and oxygen atoms in total. The van der Waals surface area contributed by atoms with Gasteiger partial charge < -0.3 is 22.2 Å². The Labute approximate surface area is 269 Å². The lowest BCUT2D eigenvalue weighted by Gasteiger charge is -2.28. The van der Waals surface area contributed by atoms with E-state index < -0.39 is 22.9 Å². The molecule has 0 aliphatic carbocycles. The minimum Gasteiger partial charge on any atom is -1.00 e. The fraction of sp³-hybridized carbons (Fsp3) is 0.800. The van der Waals surface area contributed by atoms with Gasteiger partial charge in [-0.1, -0.05) is 122 Å². The first-order valence-electron chi connectivity index (χ1n) is 15.6. The van der Waals surface area contributed by atoms with Crippen LogP contribution in [0.15, 0.2) is 10.7 Å². The van der Waals surface area contributed by atoms with Crippen LogP contribution in [0.2, 0.25) is 10.0 Å². The summed E-state index contributed by atoms with van der Waals surface area (Å²) in [6.07, 6.45) is 30.0. The molecular weight excluding hydrogens is 648 g/mol. The summed E-state index contributed by atoms with van der Waals surface area (Å²) < 4.78 is 4.23. The minimum atomic E-state index is -0.781. The Hall–Kier alpha value is -0.690. The summed E-state index contributed by atoms with van der Waals surface area (Å²) in [5, 5.41) is 24.3. The van der Waals surface area contributed by atoms with Gasteiger partial charge in [-0.2, -0.15) is 0 Å². The summed E-state index contributed by atoms with van der Waals surface area (Å²) in [7, 11) is -0.620. The fourth-order valence-electron chi connectivity index (χ4n) is 5.20. The molecule has 1 aromatic carbocycles. The Morgan fingerprint density at radius 2 is 1.20 bits per heavy atom. The van der Waals surface area contributed by atoms with Crippen LogP contribution >= 0.6 is 30.5 Å². The normalized spacial score (nSPS) is 11.3. The van der Waals surface area contributed by atoms with Crippen LogP contribution in [-0.4, -0.2) is 34.7 Å². The van der Waals surface area contributed by atoms with E-state index in [9.17, 15) is 15.3 Å². The number of nitrogens with zero attached hydrogens (tertiary/aromatic N) is 3. The number of rotatable bonds is 21. The molecule has 0 saturated carbocycles. The Kier molecular flexibility index (Phi) is 23.3. The van der Waals surface area contributed by atoms with Crippen LogP contribution in [0.4, 0.5) is 5.69 Å². The second kappa shape index (κ2) is 23.7. The van der Waals surface area contributed by atoms with Crippen molar-refractivity contribution in [3.63, 3.8) is 0 Å². The van der Waals surface area contributed by atoms with E-state index in [2.05, 4.69) is 37.5 Å². The fourth-order valence-corrected chi connectivity index (χ4v) is 11.1. The molecule has 0 saturated heterocycles. The maximum Gasteiger partial charge on any atom is 0.311 e. The van der Waals surface area contributed by atoms with Crippen molar-refractivity contribution in [3.05, 3.63) is 31.4 Å². The number of nitro groups is 1. The van der Waals surface area contributed by atoms with Gasteiger partial charge in [0.25, 0.3) is 11.0 Å². The zero-order chi connectivity index (χ0) is 29.8. The standard InChI is InChI=1S/C24H52P.C6HCl2N3O4.BrH/c1-5-9-13-14-15-16-17-18-19-20-24-25(21-10-6-2,22-11-7-3)23-12-8-4;7-2-1-3-6(11(14)15-9-3)4(8)5(2)10(12)13;/h5-24H2,1-4H3;1H;1H/q+1;;/p-1. The first-order chi connectivity index (χ1) is 19.3. The third-order valence-electron chi connectivity index (χ3n) is 7.67. The number of benzene rings is 1. The number of nitro benzene ring substituents is 1. The molecule has 41 heavy (non-hydrogen) atoms. The molecule has 238 valence electrons. The highest BCUT2D eigenvalue weighted by Gasteiger charge is 2.34. The van der Waals surface area contributed by atoms with E-state index in [0.29, 0.717) is 0 Å². The molecule has 0 bridgehead atoms. The van der Waals surface area contributed by atoms with Crippen molar-refractivity contribution in [2.45, 2.75) is 130 Å². The molecule has 2 aromatic rings. The molecule has 0 fully saturated rings. The highest BCUT2D eigenvalue weighted by Crippen LogP contribution is 2.61. The molecule has 0 aliphatic rings. The Bertz CT molecular complexity index is 959. The van der Waals surface area contributed by atoms with E-state index in [-0.39, 0.29) is 37.9 Å². The maximum absolute atomic E-state index is 11.0. The predicted octanol–water partition coefficient (Wildman–Crippen LogP) is 8.01. The Morgan fingerprint density at radius 1 is 0.780 bits per heavy atom. The van der Waals surface area contributed by atoms with Gasteiger partial charge in [-0.25, -0.2) is 0 Å². The van der Waals surface area contributed by atoms with Crippen LogP contribution < -0.4 is 21.9 Å². The van der Waals surface area contributed by atoms with E-state index in [1.807, 2.05) is 0 Å². The van der Waals surface area contributed by atoms with E-state index in [1.54, 1.807) is 31.1 Å². The summed E-state index contributed by atoms with van der Waals surface area (Å²) in [5.41, 5.74) is -0.697. The van der Waals surface area contributed by atoms with E-state index >= 15 is 0 Å². The highest BCUT2D eigenvalue weighted by atomic mass is 79.9. The van der Waals surface area contributed by atoms with E-state index in [1.165, 1.54) is 96.3 Å². The smallest absolute Gasteiger partial charge is 0.311 e. The van der Waals surface area contributed by atoms with Crippen LogP contribution in [0.1, 0.15) is 130 Å². The lowest BCUT2D eigenvalue weighted by Crippen LogP contribution is -3.00. The van der Waals surface area contributed by atoms with Gasteiger partial charge >= 0.3 is 5.69 Å². The van der Waals surface area contributed by atoms with Crippen LogP contribution in [0.3, 0.4) is 0 Å². The molecule has 2 rings (SSSR count). The van der Waals surface area contributed by atoms with Gasteiger partial charge in [0.1, 0.15) is 5.02 Å². The lowest BCUT2D eigenvalue weighted by molar-refractivity contribution is -0.782. The Morgan fingerprint density at radius 3 is 1.63 bits per heavy atom. The molecular formula is C30H53BrCl2N3O4P. The van der Waals surface area contributed by atoms with Crippen LogP contribution in [0.5, 0.6) is 0 Å². The van der Waals surface area contributed by atoms with Crippen LogP contribution in [-0.2, 0) is 0 Å². The molecule has 1 aromatic heterocycles. The zero-order valence-corrected chi connectivity index (χ0v) is 29.8. The van der Waals surface area contributed by atoms with Crippen molar-refractivity contribution in [1.82, 2.24) is 5.16 Å². The average Bonchev–Trinajstić information content (AvgIpc) is 3.30. The average molecular weight is 702 g/mol. The van der Waals surface area contributed by atoms with E-state index in [0.717, 1.165) is 6.07 Å². The second-order valence-electron chi connectivity index (χ2n) is 11.1. The number of fused-ring (bicyclic) bond motifs is 1. The molecule has 1 heterocycles. The van der Waals surface area contributed by atoms with Gasteiger partial charge in [-0.05, 0) is 37.0 Å². The monoisotopic (exact) mass is 699 g/mol. The SMILES string of the molecule is CCCCCCCCCCCC[P+](CCCC)(CCCC)CCCC.O=[N+]([O-])c1c(Cl)cc2no[n+]([O-])c2c1Cl.[Br-]. The summed E-state index contributed by atoms with van der Waals surface area (Å²) in [6, 6.07) is 1.14. The van der Waals surface area contributed by atoms with Gasteiger partial charge in [-0.3, -0.25) is 14.7 Å². The van der Waals surface area contributed by atoms with Gasteiger partial charge in [0, 0.05) is 18.5 Å². The number of aromatic nitrogens is 2. The van der Waals surface area contributed by atoms with Crippen molar-refractivity contribution in [2.75, 3.05) is 24.6 Å². The Balaban J connectivity index is 0.000000846. The number of hydrogen-bond acceptors (Lipinski definition) is 5. The van der Waals surface area contributed by atoms with E-state index in [4.69, 9.17) is 23.2 Å². The summed E-state index contributed by atoms with van der Waals surface area (Å²) in [6.45, 7) is 9.46. The number of halogens is 3. The van der Waals surface area contributed by atoms with Crippen molar-refractivity contribution in [1.29, 1.82) is 0 Å². The van der Waals surface area contributed by atoms with Gasteiger partial charge in [0.15, 0.2) is 5.02 Å². The minimum absolute atomic E-state index is 0. The van der Waals surface area contributed by atoms with Crippen molar-refractivity contribution >= 4 is 47.2 Å². The molecule has 0 amide bonds. The molecule has 0 N–H and O–H groups in total. The van der Waals surface area contributed by atoms with Gasteiger partial charge in [0.05, 0.1) is 29.6 Å². The molecule has 0 radical (unpaired) electrons. The maximum atomic E-state index is 11.0. The highest BCUT2D eigenvalue weighted by molar-refractivity contribution is 7.75. The summed E-state index contributed by atoms with van der Waals surface area (Å²) in [4.78, 5) is 9.80. The van der Waals surface area contributed by atoms with Gasteiger partial charge in [-0.15, -0.1) is 0 Å². The third-order valence-corrected chi connectivity index (χ3v) is 13.4. The summed E-state index contributed by atoms with van der Waals surface area (Å²) >= 11 is 11.2. The number of hydrogen-bond donors (Lipinski definition) is 0.